The molecule has 0 saturated carbocycles. The summed E-state index contributed by atoms with van der Waals surface area (Å²) < 4.78 is 5.28. The lowest BCUT2D eigenvalue weighted by molar-refractivity contribution is 0.0943. The Balaban J connectivity index is 1.80. The second-order valence-electron chi connectivity index (χ2n) is 4.42. The van der Waals surface area contributed by atoms with Gasteiger partial charge >= 0.3 is 0 Å². The number of aryl methyl sites for hydroxylation is 1. The van der Waals surface area contributed by atoms with Gasteiger partial charge in [-0.3, -0.25) is 9.89 Å². The van der Waals surface area contributed by atoms with Gasteiger partial charge in [-0.15, -0.1) is 0 Å². The zero-order valence-corrected chi connectivity index (χ0v) is 10.8. The van der Waals surface area contributed by atoms with Gasteiger partial charge in [0.25, 0.3) is 5.91 Å². The van der Waals surface area contributed by atoms with E-state index in [4.69, 9.17) is 10.2 Å². The van der Waals surface area contributed by atoms with E-state index in [-0.39, 0.29) is 12.5 Å². The number of nitrogen functional groups attached to an aromatic ring is 1. The molecule has 0 unspecified atom stereocenters. The van der Waals surface area contributed by atoms with Crippen molar-refractivity contribution in [2.24, 2.45) is 0 Å². The molecule has 4 N–H and O–H groups in total. The lowest BCUT2D eigenvalue weighted by atomic mass is 10.2. The van der Waals surface area contributed by atoms with Crippen LogP contribution in [0.25, 0.3) is 10.9 Å². The van der Waals surface area contributed by atoms with E-state index in [1.54, 1.807) is 31.3 Å². The van der Waals surface area contributed by atoms with Gasteiger partial charge in [-0.1, -0.05) is 0 Å². The molecule has 3 rings (SSSR count). The highest BCUT2D eigenvalue weighted by molar-refractivity contribution is 6.05. The van der Waals surface area contributed by atoms with Gasteiger partial charge in [0.2, 0.25) is 5.89 Å². The normalized spacial score (nSPS) is 10.8. The second kappa shape index (κ2) is 4.69. The molecule has 0 fully saturated rings. The lowest BCUT2D eigenvalue weighted by Gasteiger charge is -2.00. The third kappa shape index (κ3) is 2.20. The number of oxazole rings is 1. The van der Waals surface area contributed by atoms with Gasteiger partial charge in [0.1, 0.15) is 5.76 Å². The number of amides is 1. The summed E-state index contributed by atoms with van der Waals surface area (Å²) in [4.78, 5) is 16.1. The first kappa shape index (κ1) is 12.2. The number of aromatic nitrogens is 3. The van der Waals surface area contributed by atoms with E-state index in [0.29, 0.717) is 28.4 Å². The summed E-state index contributed by atoms with van der Waals surface area (Å²) in [6.07, 6.45) is 1.60. The highest BCUT2D eigenvalue weighted by Gasteiger charge is 2.14. The predicted octanol–water partition coefficient (Wildman–Crippen LogP) is 1.37. The number of anilines is 1. The molecule has 2 aromatic heterocycles. The number of nitrogens with zero attached hydrogens (tertiary/aromatic N) is 2. The van der Waals surface area contributed by atoms with Crippen LogP contribution < -0.4 is 11.1 Å². The molecule has 0 spiro atoms. The van der Waals surface area contributed by atoms with E-state index in [1.165, 1.54) is 0 Å². The molecule has 102 valence electrons. The zero-order valence-electron chi connectivity index (χ0n) is 10.8. The molecule has 7 nitrogen and oxygen atoms in total. The van der Waals surface area contributed by atoms with Crippen molar-refractivity contribution in [3.63, 3.8) is 0 Å². The number of rotatable bonds is 3. The van der Waals surface area contributed by atoms with Crippen LogP contribution in [-0.2, 0) is 6.54 Å². The van der Waals surface area contributed by atoms with E-state index in [0.717, 1.165) is 5.52 Å². The maximum atomic E-state index is 12.1. The average Bonchev–Trinajstić information content (AvgIpc) is 3.02. The van der Waals surface area contributed by atoms with Crippen molar-refractivity contribution in [1.29, 1.82) is 0 Å². The Hall–Kier alpha value is -2.83. The van der Waals surface area contributed by atoms with Gasteiger partial charge in [0.05, 0.1) is 18.3 Å². The zero-order chi connectivity index (χ0) is 14.1. The fraction of sp³-hybridized carbons (Fsp3) is 0.154. The topological polar surface area (TPSA) is 110 Å². The molecule has 0 bridgehead atoms. The van der Waals surface area contributed by atoms with Crippen LogP contribution in [0.2, 0.25) is 0 Å². The highest BCUT2D eigenvalue weighted by Crippen LogP contribution is 2.18. The van der Waals surface area contributed by atoms with Crippen molar-refractivity contribution in [3.05, 3.63) is 41.7 Å². The summed E-state index contributed by atoms with van der Waals surface area (Å²) in [5.74, 6) is 0.847. The minimum absolute atomic E-state index is 0.212. The summed E-state index contributed by atoms with van der Waals surface area (Å²) >= 11 is 0. The summed E-state index contributed by atoms with van der Waals surface area (Å²) in [5, 5.41) is 10.2. The molecule has 7 heteroatoms. The van der Waals surface area contributed by atoms with Crippen molar-refractivity contribution in [1.82, 2.24) is 20.5 Å². The Morgan fingerprint density at radius 1 is 1.50 bits per heavy atom. The van der Waals surface area contributed by atoms with E-state index in [2.05, 4.69) is 20.5 Å². The molecule has 1 aromatic carbocycles. The molecule has 0 radical (unpaired) electrons. The first-order valence-electron chi connectivity index (χ1n) is 6.06. The van der Waals surface area contributed by atoms with Crippen LogP contribution in [0.3, 0.4) is 0 Å². The second-order valence-corrected chi connectivity index (χ2v) is 4.42. The Bertz CT molecular complexity index is 774. The van der Waals surface area contributed by atoms with Gasteiger partial charge in [-0.2, -0.15) is 5.10 Å². The third-order valence-electron chi connectivity index (χ3n) is 2.87. The smallest absolute Gasteiger partial charge is 0.272 e. The fourth-order valence-electron chi connectivity index (χ4n) is 1.93. The predicted molar refractivity (Wildman–Crippen MR) is 72.9 cm³/mol. The van der Waals surface area contributed by atoms with Crippen LogP contribution in [0.1, 0.15) is 22.1 Å². The molecule has 1 amide bonds. The van der Waals surface area contributed by atoms with E-state index < -0.39 is 0 Å². The van der Waals surface area contributed by atoms with E-state index >= 15 is 0 Å². The molecule has 20 heavy (non-hydrogen) atoms. The van der Waals surface area contributed by atoms with Crippen molar-refractivity contribution >= 4 is 22.5 Å². The van der Waals surface area contributed by atoms with Gasteiger partial charge in [-0.25, -0.2) is 4.98 Å². The molecular weight excluding hydrogens is 258 g/mol. The van der Waals surface area contributed by atoms with Crippen LogP contribution in [0.5, 0.6) is 0 Å². The van der Waals surface area contributed by atoms with Crippen molar-refractivity contribution in [2.45, 2.75) is 13.5 Å². The number of hydrogen-bond donors (Lipinski definition) is 3. The Kier molecular flexibility index (Phi) is 2.86. The molecule has 0 aliphatic heterocycles. The van der Waals surface area contributed by atoms with Gasteiger partial charge in [-0.05, 0) is 25.1 Å². The number of nitrogens with two attached hydrogens (primary N) is 1. The maximum Gasteiger partial charge on any atom is 0.272 e. The summed E-state index contributed by atoms with van der Waals surface area (Å²) in [7, 11) is 0. The fourth-order valence-corrected chi connectivity index (χ4v) is 1.93. The monoisotopic (exact) mass is 271 g/mol. The molecule has 0 aliphatic rings. The van der Waals surface area contributed by atoms with Gasteiger partial charge in [0.15, 0.2) is 5.69 Å². The van der Waals surface area contributed by atoms with Crippen LogP contribution in [0.15, 0.2) is 28.8 Å². The first-order chi connectivity index (χ1) is 9.63. The molecule has 2 heterocycles. The van der Waals surface area contributed by atoms with Crippen LogP contribution in [-0.4, -0.2) is 21.1 Å². The Morgan fingerprint density at radius 3 is 3.10 bits per heavy atom. The number of carbonyl (C=O) groups excluding carboxylic acids is 1. The third-order valence-corrected chi connectivity index (χ3v) is 2.87. The van der Waals surface area contributed by atoms with E-state index in [9.17, 15) is 4.79 Å². The number of fused-ring (bicyclic) bond motifs is 1. The number of carbonyl (C=O) groups is 1. The molecular formula is C13H13N5O2. The summed E-state index contributed by atoms with van der Waals surface area (Å²) in [5.41, 5.74) is 7.36. The largest absolute Gasteiger partial charge is 0.444 e. The minimum Gasteiger partial charge on any atom is -0.444 e. The van der Waals surface area contributed by atoms with Crippen molar-refractivity contribution < 1.29 is 9.21 Å². The Labute approximate surface area is 114 Å². The average molecular weight is 271 g/mol. The van der Waals surface area contributed by atoms with Gasteiger partial charge < -0.3 is 15.5 Å². The first-order valence-corrected chi connectivity index (χ1v) is 6.06. The van der Waals surface area contributed by atoms with Crippen molar-refractivity contribution in [2.75, 3.05) is 5.73 Å². The SMILES string of the molecule is Cc1cnc(CNC(=O)c2n[nH]c3ccc(N)cc23)o1. The number of aromatic amines is 1. The number of H-pyrrole nitrogens is 1. The Morgan fingerprint density at radius 2 is 2.35 bits per heavy atom. The number of hydrogen-bond acceptors (Lipinski definition) is 5. The van der Waals surface area contributed by atoms with Crippen LogP contribution in [0, 0.1) is 6.92 Å². The minimum atomic E-state index is -0.308. The number of nitrogens with one attached hydrogen (secondary N) is 2. The quantitative estimate of drug-likeness (QED) is 0.623. The molecule has 0 atom stereocenters. The lowest BCUT2D eigenvalue weighted by Crippen LogP contribution is -2.23. The number of benzene rings is 1. The van der Waals surface area contributed by atoms with Crippen LogP contribution in [0.4, 0.5) is 5.69 Å². The molecule has 0 saturated heterocycles. The molecule has 3 aromatic rings. The maximum absolute atomic E-state index is 12.1. The summed E-state index contributed by atoms with van der Waals surface area (Å²) in [6, 6.07) is 5.24. The standard InChI is InChI=1S/C13H13N5O2/c1-7-5-15-11(20-7)6-16-13(19)12-9-4-8(14)2-3-10(9)17-18-12/h2-5H,6,14H2,1H3,(H,16,19)(H,17,18). The van der Waals surface area contributed by atoms with Gasteiger partial charge in [0, 0.05) is 11.1 Å². The summed E-state index contributed by atoms with van der Waals surface area (Å²) in [6.45, 7) is 2.01. The van der Waals surface area contributed by atoms with Crippen molar-refractivity contribution in [3.8, 4) is 0 Å². The van der Waals surface area contributed by atoms with Crippen LogP contribution >= 0.6 is 0 Å². The van der Waals surface area contributed by atoms with E-state index in [1.807, 2.05) is 0 Å². The molecule has 0 aliphatic carbocycles. The highest BCUT2D eigenvalue weighted by atomic mass is 16.4.